The third-order valence-corrected chi connectivity index (χ3v) is 1.97. The van der Waals surface area contributed by atoms with Crippen LogP contribution in [-0.2, 0) is 4.74 Å². The van der Waals surface area contributed by atoms with E-state index < -0.39 is 0 Å². The molecule has 0 radical (unpaired) electrons. The molecule has 0 spiro atoms. The van der Waals surface area contributed by atoms with Gasteiger partial charge in [-0.3, -0.25) is 0 Å². The van der Waals surface area contributed by atoms with Crippen LogP contribution in [0.2, 0.25) is 0 Å². The minimum Gasteiger partial charge on any atom is -0.475 e. The molecule has 0 fully saturated rings. The average molecular weight is 210 g/mol. The van der Waals surface area contributed by atoms with Crippen LogP contribution in [0.15, 0.2) is 18.3 Å². The zero-order valence-electron chi connectivity index (χ0n) is 9.27. The van der Waals surface area contributed by atoms with E-state index in [-0.39, 0.29) is 6.04 Å². The molecule has 0 aliphatic heterocycles. The molecule has 1 aromatic heterocycles. The van der Waals surface area contributed by atoms with Gasteiger partial charge >= 0.3 is 0 Å². The predicted molar refractivity (Wildman–Crippen MR) is 58.8 cm³/mol. The molecule has 1 unspecified atom stereocenters. The lowest BCUT2D eigenvalue weighted by Gasteiger charge is -2.08. The second-order valence-corrected chi connectivity index (χ2v) is 3.26. The molecule has 1 aromatic rings. The summed E-state index contributed by atoms with van der Waals surface area (Å²) in [6.07, 6.45) is 1.70. The Morgan fingerprint density at radius 1 is 1.47 bits per heavy atom. The van der Waals surface area contributed by atoms with Gasteiger partial charge in [0.25, 0.3) is 0 Å². The van der Waals surface area contributed by atoms with Crippen molar-refractivity contribution in [2.24, 2.45) is 5.73 Å². The van der Waals surface area contributed by atoms with E-state index in [9.17, 15) is 0 Å². The molecule has 0 bridgehead atoms. The van der Waals surface area contributed by atoms with Crippen molar-refractivity contribution >= 4 is 0 Å². The number of aromatic nitrogens is 1. The summed E-state index contributed by atoms with van der Waals surface area (Å²) >= 11 is 0. The molecule has 0 aromatic carbocycles. The van der Waals surface area contributed by atoms with Crippen LogP contribution in [-0.4, -0.2) is 24.8 Å². The van der Waals surface area contributed by atoms with Crippen LogP contribution in [0.3, 0.4) is 0 Å². The highest BCUT2D eigenvalue weighted by Gasteiger charge is 2.01. The monoisotopic (exact) mass is 210 g/mol. The van der Waals surface area contributed by atoms with E-state index in [1.54, 1.807) is 6.20 Å². The second-order valence-electron chi connectivity index (χ2n) is 3.26. The predicted octanol–water partition coefficient (Wildman–Crippen LogP) is 1.52. The molecule has 15 heavy (non-hydrogen) atoms. The van der Waals surface area contributed by atoms with Crippen LogP contribution in [0, 0.1) is 0 Å². The van der Waals surface area contributed by atoms with Gasteiger partial charge < -0.3 is 15.2 Å². The van der Waals surface area contributed by atoms with Crippen LogP contribution in [0.1, 0.15) is 25.5 Å². The third-order valence-electron chi connectivity index (χ3n) is 1.97. The average Bonchev–Trinajstić information content (AvgIpc) is 2.25. The van der Waals surface area contributed by atoms with Gasteiger partial charge in [-0.2, -0.15) is 0 Å². The highest BCUT2D eigenvalue weighted by atomic mass is 16.5. The Balaban J connectivity index is 2.43. The van der Waals surface area contributed by atoms with Gasteiger partial charge in [0.05, 0.1) is 6.61 Å². The number of ether oxygens (including phenoxy) is 2. The van der Waals surface area contributed by atoms with Crippen molar-refractivity contribution in [2.45, 2.75) is 19.9 Å². The van der Waals surface area contributed by atoms with Gasteiger partial charge in [-0.15, -0.1) is 0 Å². The lowest BCUT2D eigenvalue weighted by molar-refractivity contribution is 0.108. The maximum absolute atomic E-state index is 5.75. The normalized spacial score (nSPS) is 12.5. The number of hydrogen-bond donors (Lipinski definition) is 1. The molecular weight excluding hydrogens is 192 g/mol. The Kier molecular flexibility index (Phi) is 5.07. The minimum atomic E-state index is 0.00208. The van der Waals surface area contributed by atoms with Crippen molar-refractivity contribution in [2.75, 3.05) is 19.8 Å². The number of hydrogen-bond acceptors (Lipinski definition) is 4. The molecule has 0 saturated carbocycles. The molecule has 0 amide bonds. The smallest absolute Gasteiger partial charge is 0.213 e. The molecule has 4 heteroatoms. The molecule has 4 nitrogen and oxygen atoms in total. The van der Waals surface area contributed by atoms with Gasteiger partial charge in [0.2, 0.25) is 5.88 Å². The minimum absolute atomic E-state index is 0.00208. The molecular formula is C11H18N2O2. The summed E-state index contributed by atoms with van der Waals surface area (Å²) < 4.78 is 10.6. The molecule has 1 atom stereocenters. The standard InChI is InChI=1S/C11H18N2O2/c1-3-14-6-7-15-11-8-10(9(2)12)4-5-13-11/h4-5,8-9H,3,6-7,12H2,1-2H3. The van der Waals surface area contributed by atoms with E-state index >= 15 is 0 Å². The van der Waals surface area contributed by atoms with Crippen LogP contribution in [0.5, 0.6) is 5.88 Å². The van der Waals surface area contributed by atoms with E-state index in [4.69, 9.17) is 15.2 Å². The Morgan fingerprint density at radius 3 is 2.93 bits per heavy atom. The first kappa shape index (κ1) is 11.9. The van der Waals surface area contributed by atoms with Crippen molar-refractivity contribution in [3.63, 3.8) is 0 Å². The molecule has 0 saturated heterocycles. The van der Waals surface area contributed by atoms with E-state index in [2.05, 4.69) is 4.98 Å². The molecule has 84 valence electrons. The summed E-state index contributed by atoms with van der Waals surface area (Å²) in [6.45, 7) is 5.69. The quantitative estimate of drug-likeness (QED) is 0.723. The first-order chi connectivity index (χ1) is 7.24. The Hall–Kier alpha value is -1.13. The van der Waals surface area contributed by atoms with Crippen molar-refractivity contribution in [1.29, 1.82) is 0 Å². The Bertz CT molecular complexity index is 290. The Morgan fingerprint density at radius 2 is 2.27 bits per heavy atom. The first-order valence-electron chi connectivity index (χ1n) is 5.16. The third kappa shape index (κ3) is 4.27. The highest BCUT2D eigenvalue weighted by molar-refractivity contribution is 5.22. The summed E-state index contributed by atoms with van der Waals surface area (Å²) in [5, 5.41) is 0. The summed E-state index contributed by atoms with van der Waals surface area (Å²) in [5.41, 5.74) is 6.78. The van der Waals surface area contributed by atoms with Crippen LogP contribution in [0.25, 0.3) is 0 Å². The number of nitrogens with zero attached hydrogens (tertiary/aromatic N) is 1. The van der Waals surface area contributed by atoms with Crippen molar-refractivity contribution in [3.05, 3.63) is 23.9 Å². The van der Waals surface area contributed by atoms with Gasteiger partial charge in [-0.05, 0) is 25.5 Å². The Labute approximate surface area is 90.4 Å². The van der Waals surface area contributed by atoms with Gasteiger partial charge in [-0.1, -0.05) is 0 Å². The SMILES string of the molecule is CCOCCOc1cc(C(C)N)ccn1. The number of rotatable bonds is 6. The first-order valence-corrected chi connectivity index (χ1v) is 5.16. The van der Waals surface area contributed by atoms with Gasteiger partial charge in [0, 0.05) is 24.9 Å². The van der Waals surface area contributed by atoms with Crippen molar-refractivity contribution < 1.29 is 9.47 Å². The fourth-order valence-corrected chi connectivity index (χ4v) is 1.14. The molecule has 0 aliphatic carbocycles. The molecule has 2 N–H and O–H groups in total. The summed E-state index contributed by atoms with van der Waals surface area (Å²) in [6, 6.07) is 3.75. The molecule has 1 rings (SSSR count). The summed E-state index contributed by atoms with van der Waals surface area (Å²) in [7, 11) is 0. The fourth-order valence-electron chi connectivity index (χ4n) is 1.14. The summed E-state index contributed by atoms with van der Waals surface area (Å²) in [5.74, 6) is 0.601. The topological polar surface area (TPSA) is 57.4 Å². The van der Waals surface area contributed by atoms with Crippen molar-refractivity contribution in [1.82, 2.24) is 4.98 Å². The zero-order valence-corrected chi connectivity index (χ0v) is 9.27. The lowest BCUT2D eigenvalue weighted by Crippen LogP contribution is -2.09. The van der Waals surface area contributed by atoms with E-state index in [0.29, 0.717) is 25.7 Å². The highest BCUT2D eigenvalue weighted by Crippen LogP contribution is 2.14. The van der Waals surface area contributed by atoms with Gasteiger partial charge in [0.1, 0.15) is 6.61 Å². The van der Waals surface area contributed by atoms with Crippen LogP contribution < -0.4 is 10.5 Å². The molecule has 1 heterocycles. The number of nitrogens with two attached hydrogens (primary N) is 1. The maximum Gasteiger partial charge on any atom is 0.213 e. The lowest BCUT2D eigenvalue weighted by atomic mass is 10.1. The van der Waals surface area contributed by atoms with Gasteiger partial charge in [0.15, 0.2) is 0 Å². The largest absolute Gasteiger partial charge is 0.475 e. The molecule has 0 aliphatic rings. The summed E-state index contributed by atoms with van der Waals surface area (Å²) in [4.78, 5) is 4.09. The number of pyridine rings is 1. The maximum atomic E-state index is 5.75. The second kappa shape index (κ2) is 6.37. The van der Waals surface area contributed by atoms with Crippen LogP contribution in [0.4, 0.5) is 0 Å². The van der Waals surface area contributed by atoms with E-state index in [0.717, 1.165) is 5.56 Å². The van der Waals surface area contributed by atoms with Crippen molar-refractivity contribution in [3.8, 4) is 5.88 Å². The fraction of sp³-hybridized carbons (Fsp3) is 0.545. The van der Waals surface area contributed by atoms with E-state index in [1.807, 2.05) is 26.0 Å². The van der Waals surface area contributed by atoms with E-state index in [1.165, 1.54) is 0 Å². The van der Waals surface area contributed by atoms with Gasteiger partial charge in [-0.25, -0.2) is 4.98 Å². The zero-order chi connectivity index (χ0) is 11.1. The van der Waals surface area contributed by atoms with Crippen LogP contribution >= 0.6 is 0 Å².